The van der Waals surface area contributed by atoms with Crippen LogP contribution in [0.5, 0.6) is 11.5 Å². The molecule has 226 valence electrons. The molecule has 0 saturated carbocycles. The minimum Gasteiger partial charge on any atom is -0.507 e. The maximum atomic E-state index is 13.7. The van der Waals surface area contributed by atoms with Crippen molar-refractivity contribution < 1.29 is 38.1 Å². The fraction of sp³-hybridized carbons (Fsp3) is 0.452. The summed E-state index contributed by atoms with van der Waals surface area (Å²) < 4.78 is 28.1. The van der Waals surface area contributed by atoms with Gasteiger partial charge in [-0.2, -0.15) is 0 Å². The van der Waals surface area contributed by atoms with Crippen molar-refractivity contribution in [3.63, 3.8) is 0 Å². The summed E-state index contributed by atoms with van der Waals surface area (Å²) in [5, 5.41) is 11.7. The molecule has 1 aliphatic rings. The second-order valence-corrected chi connectivity index (χ2v) is 12.7. The number of fused-ring (bicyclic) bond motifs is 1. The van der Waals surface area contributed by atoms with Crippen LogP contribution in [-0.2, 0) is 14.2 Å². The van der Waals surface area contributed by atoms with Gasteiger partial charge < -0.3 is 33.4 Å². The molecule has 10 nitrogen and oxygen atoms in total. The lowest BCUT2D eigenvalue weighted by atomic mass is 9.85. The smallest absolute Gasteiger partial charge is 0.507 e. The number of likely N-dealkylation sites (tertiary alicyclic amines) is 1. The van der Waals surface area contributed by atoms with Gasteiger partial charge in [0.05, 0.1) is 5.02 Å². The quantitative estimate of drug-likeness (QED) is 0.250. The van der Waals surface area contributed by atoms with Crippen molar-refractivity contribution in [1.82, 2.24) is 4.90 Å². The molecule has 42 heavy (non-hydrogen) atoms. The monoisotopic (exact) mass is 601 g/mol. The number of hydrogen-bond acceptors (Lipinski definition) is 10. The van der Waals surface area contributed by atoms with Crippen molar-refractivity contribution in [1.29, 1.82) is 0 Å². The van der Waals surface area contributed by atoms with Crippen LogP contribution in [-0.4, -0.2) is 59.8 Å². The number of benzene rings is 2. The molecule has 1 N–H and O–H groups in total. The number of rotatable bonds is 4. The van der Waals surface area contributed by atoms with E-state index in [0.29, 0.717) is 30.1 Å². The van der Waals surface area contributed by atoms with E-state index in [2.05, 4.69) is 0 Å². The molecule has 1 fully saturated rings. The van der Waals surface area contributed by atoms with E-state index in [1.54, 1.807) is 65.8 Å². The summed E-state index contributed by atoms with van der Waals surface area (Å²) in [6, 6.07) is 9.26. The van der Waals surface area contributed by atoms with E-state index >= 15 is 0 Å². The summed E-state index contributed by atoms with van der Waals surface area (Å²) in [6.45, 7) is 11.1. The average Bonchev–Trinajstić information content (AvgIpc) is 2.82. The Morgan fingerprint density at radius 1 is 1.02 bits per heavy atom. The molecule has 0 unspecified atom stereocenters. The van der Waals surface area contributed by atoms with Gasteiger partial charge in [0.1, 0.15) is 39.8 Å². The van der Waals surface area contributed by atoms with Gasteiger partial charge >= 0.3 is 12.3 Å². The van der Waals surface area contributed by atoms with Crippen molar-refractivity contribution in [2.75, 3.05) is 20.1 Å². The first kappa shape index (κ1) is 31.2. The van der Waals surface area contributed by atoms with Crippen LogP contribution < -0.4 is 10.2 Å². The molecular weight excluding hydrogens is 566 g/mol. The number of hydrogen-bond donors (Lipinski definition) is 1. The van der Waals surface area contributed by atoms with Crippen LogP contribution in [0.3, 0.4) is 0 Å². The average molecular weight is 602 g/mol. The second kappa shape index (κ2) is 11.9. The Kier molecular flexibility index (Phi) is 8.80. The number of piperidine rings is 1. The number of phenolic OH excluding ortho intramolecular Hbond substituents is 1. The summed E-state index contributed by atoms with van der Waals surface area (Å²) in [5.74, 6) is -1.01. The van der Waals surface area contributed by atoms with Gasteiger partial charge in [-0.1, -0.05) is 23.7 Å². The Labute approximate surface area is 249 Å². The van der Waals surface area contributed by atoms with Gasteiger partial charge in [-0.15, -0.1) is 0 Å². The molecule has 1 aliphatic heterocycles. The normalized spacial score (nSPS) is 18.0. The molecule has 1 saturated heterocycles. The Balaban J connectivity index is 1.91. The highest BCUT2D eigenvalue weighted by atomic mass is 35.5. The highest BCUT2D eigenvalue weighted by Crippen LogP contribution is 2.44. The molecule has 2 aromatic carbocycles. The molecule has 0 bridgehead atoms. The van der Waals surface area contributed by atoms with Crippen LogP contribution in [0.2, 0.25) is 5.02 Å². The van der Waals surface area contributed by atoms with Gasteiger partial charge in [-0.05, 0) is 73.7 Å². The third-order valence-electron chi connectivity index (χ3n) is 6.47. The molecule has 4 rings (SSSR count). The Morgan fingerprint density at radius 2 is 1.67 bits per heavy atom. The van der Waals surface area contributed by atoms with E-state index in [9.17, 15) is 19.5 Å². The molecule has 2 atom stereocenters. The van der Waals surface area contributed by atoms with E-state index in [-0.39, 0.29) is 33.8 Å². The van der Waals surface area contributed by atoms with Gasteiger partial charge in [-0.25, -0.2) is 9.59 Å². The number of nitrogens with zero attached hydrogens (tertiary/aromatic N) is 1. The van der Waals surface area contributed by atoms with Crippen LogP contribution in [0.15, 0.2) is 45.6 Å². The molecule has 0 aliphatic carbocycles. The van der Waals surface area contributed by atoms with E-state index in [1.165, 1.54) is 12.1 Å². The van der Waals surface area contributed by atoms with Crippen molar-refractivity contribution in [2.24, 2.45) is 0 Å². The van der Waals surface area contributed by atoms with Gasteiger partial charge in [0.2, 0.25) is 0 Å². The van der Waals surface area contributed by atoms with Crippen molar-refractivity contribution in [2.45, 2.75) is 71.2 Å². The zero-order chi connectivity index (χ0) is 31.0. The van der Waals surface area contributed by atoms with E-state index in [4.69, 9.17) is 35.0 Å². The molecule has 0 amide bonds. The number of carbonyl (C=O) groups is 2. The highest BCUT2D eigenvalue weighted by molar-refractivity contribution is 6.33. The summed E-state index contributed by atoms with van der Waals surface area (Å²) in [6.07, 6.45) is -2.24. The summed E-state index contributed by atoms with van der Waals surface area (Å²) in [4.78, 5) is 40.9. The van der Waals surface area contributed by atoms with Crippen LogP contribution >= 0.6 is 11.6 Å². The highest BCUT2D eigenvalue weighted by Gasteiger charge is 2.38. The maximum absolute atomic E-state index is 13.7. The molecule has 3 aromatic rings. The number of carbonyl (C=O) groups excluding carboxylic acids is 2. The topological polar surface area (TPSA) is 125 Å². The summed E-state index contributed by atoms with van der Waals surface area (Å²) >= 11 is 6.42. The van der Waals surface area contributed by atoms with Gasteiger partial charge in [0.25, 0.3) is 0 Å². The SMILES string of the molecule is CN1CC[C@H](c2c(O)cc(OC(=O)OC(C)(C)C)c3c(=O)cc(-c4ccccc4Cl)oc23)[C@H](OC(=O)OC(C)(C)C)C1. The molecular formula is C31H36ClNO9. The second-order valence-electron chi connectivity index (χ2n) is 12.3. The van der Waals surface area contributed by atoms with E-state index in [0.717, 1.165) is 0 Å². The molecule has 2 heterocycles. The first-order valence-corrected chi connectivity index (χ1v) is 14.0. The predicted octanol–water partition coefficient (Wildman–Crippen LogP) is 6.87. The van der Waals surface area contributed by atoms with Crippen molar-refractivity contribution >= 4 is 34.9 Å². The third-order valence-corrected chi connectivity index (χ3v) is 6.80. The Hall–Kier alpha value is -3.76. The van der Waals surface area contributed by atoms with E-state index in [1.807, 2.05) is 11.9 Å². The van der Waals surface area contributed by atoms with Gasteiger partial charge in [0, 0.05) is 35.7 Å². The number of phenols is 1. The zero-order valence-corrected chi connectivity index (χ0v) is 25.5. The van der Waals surface area contributed by atoms with Crippen LogP contribution in [0, 0.1) is 0 Å². The molecule has 0 radical (unpaired) electrons. The van der Waals surface area contributed by atoms with Crippen LogP contribution in [0.25, 0.3) is 22.3 Å². The van der Waals surface area contributed by atoms with Gasteiger partial charge in [-0.3, -0.25) is 4.79 Å². The van der Waals surface area contributed by atoms with Crippen molar-refractivity contribution in [3.8, 4) is 22.8 Å². The Bertz CT molecular complexity index is 1550. The minimum atomic E-state index is -1.06. The van der Waals surface area contributed by atoms with Crippen LogP contribution in [0.1, 0.15) is 59.4 Å². The standard InChI is InChI=1S/C31H36ClNO9/c1-30(2,3)41-28(36)39-23-15-20(34)25(18-12-13-33(7)16-24(18)40-29(37)42-31(4,5)6)27-26(23)21(35)14-22(38-27)17-10-8-9-11-19(17)32/h8-11,14-15,18,24,34H,12-13,16H2,1-7H3/t18-,24+/m0/s1. The fourth-order valence-electron chi connectivity index (χ4n) is 4.82. The first-order chi connectivity index (χ1) is 19.5. The Morgan fingerprint density at radius 3 is 2.31 bits per heavy atom. The number of aromatic hydroxyl groups is 1. The summed E-state index contributed by atoms with van der Waals surface area (Å²) in [7, 11) is 1.88. The third kappa shape index (κ3) is 7.35. The minimum absolute atomic E-state index is 0.0247. The number of likely N-dealkylation sites (N-methyl/N-ethyl adjacent to an activating group) is 1. The van der Waals surface area contributed by atoms with Crippen molar-refractivity contribution in [3.05, 3.63) is 57.2 Å². The molecule has 11 heteroatoms. The number of ether oxygens (including phenoxy) is 4. The molecule has 0 spiro atoms. The lowest BCUT2D eigenvalue weighted by molar-refractivity contribution is -0.0461. The largest absolute Gasteiger partial charge is 0.514 e. The zero-order valence-electron chi connectivity index (χ0n) is 24.8. The molecule has 1 aromatic heterocycles. The maximum Gasteiger partial charge on any atom is 0.514 e. The fourth-order valence-corrected chi connectivity index (χ4v) is 5.05. The number of halogens is 1. The van der Waals surface area contributed by atoms with Gasteiger partial charge in [0.15, 0.2) is 11.2 Å². The predicted molar refractivity (Wildman–Crippen MR) is 157 cm³/mol. The lowest BCUT2D eigenvalue weighted by Gasteiger charge is -2.37. The lowest BCUT2D eigenvalue weighted by Crippen LogP contribution is -2.44. The van der Waals surface area contributed by atoms with E-state index < -0.39 is 41.0 Å². The van der Waals surface area contributed by atoms with Crippen LogP contribution in [0.4, 0.5) is 9.59 Å². The summed E-state index contributed by atoms with van der Waals surface area (Å²) in [5.41, 5.74) is -1.52. The first-order valence-electron chi connectivity index (χ1n) is 13.6.